The normalized spacial score (nSPS) is 11.4. The largest absolute Gasteiger partial charge is 0.354 e. The minimum absolute atomic E-state index is 0.0791. The molecule has 1 amide bonds. The fourth-order valence-electron chi connectivity index (χ4n) is 1.70. The minimum atomic E-state index is -0.416. The van der Waals surface area contributed by atoms with Gasteiger partial charge in [-0.05, 0) is 19.9 Å². The molecule has 0 fully saturated rings. The predicted octanol–water partition coefficient (Wildman–Crippen LogP) is 2.86. The molecule has 1 aromatic carbocycles. The number of thiazole rings is 1. The molecular weight excluding hydrogens is 306 g/mol. The van der Waals surface area contributed by atoms with Gasteiger partial charge in [0.2, 0.25) is 5.91 Å². The highest BCUT2D eigenvalue weighted by Crippen LogP contribution is 2.30. The molecule has 0 unspecified atom stereocenters. The van der Waals surface area contributed by atoms with Crippen molar-refractivity contribution in [3.8, 4) is 10.6 Å². The van der Waals surface area contributed by atoms with E-state index in [1.807, 2.05) is 43.5 Å². The summed E-state index contributed by atoms with van der Waals surface area (Å²) in [7, 11) is 0. The van der Waals surface area contributed by atoms with Crippen molar-refractivity contribution in [3.63, 3.8) is 0 Å². The molecule has 1 heterocycles. The minimum Gasteiger partial charge on any atom is -0.354 e. The average molecular weight is 324 g/mol. The van der Waals surface area contributed by atoms with Crippen molar-refractivity contribution in [1.29, 1.82) is 0 Å². The van der Waals surface area contributed by atoms with Gasteiger partial charge in [-0.3, -0.25) is 4.79 Å². The zero-order chi connectivity index (χ0) is 15.5. The summed E-state index contributed by atoms with van der Waals surface area (Å²) in [5.74, 6) is -0.0791. The van der Waals surface area contributed by atoms with Gasteiger partial charge >= 0.3 is 0 Å². The Hall–Kier alpha value is -1.43. The maximum Gasteiger partial charge on any atom is 0.226 e. The Morgan fingerprint density at radius 3 is 2.81 bits per heavy atom. The van der Waals surface area contributed by atoms with Crippen LogP contribution in [0.15, 0.2) is 29.6 Å². The van der Waals surface area contributed by atoms with Crippen LogP contribution in [-0.2, 0) is 11.2 Å². The van der Waals surface area contributed by atoms with Gasteiger partial charge < -0.3 is 11.1 Å². The van der Waals surface area contributed by atoms with E-state index in [-0.39, 0.29) is 12.3 Å². The van der Waals surface area contributed by atoms with Crippen molar-refractivity contribution in [2.45, 2.75) is 25.8 Å². The fraction of sp³-hybridized carbons (Fsp3) is 0.333. The second-order valence-corrected chi connectivity index (χ2v) is 6.83. The van der Waals surface area contributed by atoms with Gasteiger partial charge in [-0.15, -0.1) is 11.3 Å². The van der Waals surface area contributed by atoms with E-state index >= 15 is 0 Å². The second kappa shape index (κ2) is 6.56. The first-order valence-corrected chi connectivity index (χ1v) is 7.86. The third-order valence-electron chi connectivity index (χ3n) is 2.74. The molecule has 0 aliphatic rings. The summed E-state index contributed by atoms with van der Waals surface area (Å²) in [6, 6.07) is 7.54. The van der Waals surface area contributed by atoms with Gasteiger partial charge in [0.15, 0.2) is 0 Å². The number of nitrogens with two attached hydrogens (primary N) is 1. The molecular formula is C15H18ClN3OS. The molecule has 0 aliphatic heterocycles. The second-order valence-electron chi connectivity index (χ2n) is 5.57. The number of nitrogens with zero attached hydrogens (tertiary/aromatic N) is 1. The highest BCUT2D eigenvalue weighted by molar-refractivity contribution is 7.13. The highest BCUT2D eigenvalue weighted by atomic mass is 35.5. The van der Waals surface area contributed by atoms with Crippen molar-refractivity contribution in [2.24, 2.45) is 5.73 Å². The van der Waals surface area contributed by atoms with Crippen LogP contribution in [0.5, 0.6) is 0 Å². The molecule has 0 radical (unpaired) electrons. The lowest BCUT2D eigenvalue weighted by Crippen LogP contribution is -2.45. The molecule has 0 bridgehead atoms. The van der Waals surface area contributed by atoms with Crippen LogP contribution in [0.2, 0.25) is 5.02 Å². The van der Waals surface area contributed by atoms with Crippen LogP contribution < -0.4 is 11.1 Å². The number of carbonyl (C=O) groups excluding carboxylic acids is 1. The molecule has 0 aliphatic carbocycles. The molecule has 0 saturated carbocycles. The fourth-order valence-corrected chi connectivity index (χ4v) is 2.84. The number of benzene rings is 1. The van der Waals surface area contributed by atoms with Crippen LogP contribution in [0.4, 0.5) is 0 Å². The molecule has 112 valence electrons. The molecule has 6 heteroatoms. The molecule has 21 heavy (non-hydrogen) atoms. The van der Waals surface area contributed by atoms with Gasteiger partial charge in [-0.1, -0.05) is 29.8 Å². The lowest BCUT2D eigenvalue weighted by Gasteiger charge is -2.18. The number of amides is 1. The van der Waals surface area contributed by atoms with Crippen molar-refractivity contribution in [3.05, 3.63) is 40.4 Å². The SMILES string of the molecule is CC(C)(N)CNC(=O)Cc1csc(-c2ccccc2Cl)n1. The number of nitrogens with one attached hydrogen (secondary N) is 1. The zero-order valence-corrected chi connectivity index (χ0v) is 13.6. The first-order valence-electron chi connectivity index (χ1n) is 6.60. The van der Waals surface area contributed by atoms with E-state index in [2.05, 4.69) is 10.3 Å². The Bertz CT molecular complexity index is 634. The lowest BCUT2D eigenvalue weighted by atomic mass is 10.1. The summed E-state index contributed by atoms with van der Waals surface area (Å²) in [6.45, 7) is 4.17. The van der Waals surface area contributed by atoms with Crippen LogP contribution in [0.1, 0.15) is 19.5 Å². The number of hydrogen-bond donors (Lipinski definition) is 2. The third kappa shape index (κ3) is 4.81. The van der Waals surface area contributed by atoms with Gasteiger partial charge in [0.1, 0.15) is 5.01 Å². The maximum atomic E-state index is 11.8. The summed E-state index contributed by atoms with van der Waals surface area (Å²) in [4.78, 5) is 16.3. The summed E-state index contributed by atoms with van der Waals surface area (Å²) >= 11 is 7.63. The van der Waals surface area contributed by atoms with Gasteiger partial charge in [-0.2, -0.15) is 0 Å². The first-order chi connectivity index (χ1) is 9.85. The van der Waals surface area contributed by atoms with E-state index in [4.69, 9.17) is 17.3 Å². The van der Waals surface area contributed by atoms with Gasteiger partial charge in [0.05, 0.1) is 17.1 Å². The predicted molar refractivity (Wildman–Crippen MR) is 87.5 cm³/mol. The number of carbonyl (C=O) groups is 1. The summed E-state index contributed by atoms with van der Waals surface area (Å²) in [6.07, 6.45) is 0.247. The van der Waals surface area contributed by atoms with Crippen molar-refractivity contribution in [1.82, 2.24) is 10.3 Å². The summed E-state index contributed by atoms with van der Waals surface area (Å²) < 4.78 is 0. The number of hydrogen-bond acceptors (Lipinski definition) is 4. The molecule has 0 atom stereocenters. The Morgan fingerprint density at radius 2 is 2.14 bits per heavy atom. The van der Waals surface area contributed by atoms with Crippen molar-refractivity contribution < 1.29 is 4.79 Å². The number of aromatic nitrogens is 1. The first kappa shape index (κ1) is 15.9. The van der Waals surface area contributed by atoms with E-state index in [1.54, 1.807) is 0 Å². The van der Waals surface area contributed by atoms with E-state index in [0.29, 0.717) is 11.6 Å². The topological polar surface area (TPSA) is 68.0 Å². The Balaban J connectivity index is 2.01. The number of rotatable bonds is 5. The molecule has 2 aromatic rings. The maximum absolute atomic E-state index is 11.8. The molecule has 3 N–H and O–H groups in total. The van der Waals surface area contributed by atoms with Crippen LogP contribution in [0.3, 0.4) is 0 Å². The zero-order valence-electron chi connectivity index (χ0n) is 12.0. The monoisotopic (exact) mass is 323 g/mol. The third-order valence-corrected chi connectivity index (χ3v) is 3.99. The molecule has 0 saturated heterocycles. The molecule has 4 nitrogen and oxygen atoms in total. The van der Waals surface area contributed by atoms with E-state index in [0.717, 1.165) is 16.3 Å². The van der Waals surface area contributed by atoms with Crippen LogP contribution in [-0.4, -0.2) is 23.0 Å². The van der Waals surface area contributed by atoms with Gasteiger partial charge in [-0.25, -0.2) is 4.98 Å². The van der Waals surface area contributed by atoms with Crippen molar-refractivity contribution >= 4 is 28.8 Å². The lowest BCUT2D eigenvalue weighted by molar-refractivity contribution is -0.120. The van der Waals surface area contributed by atoms with Gasteiger partial charge in [0, 0.05) is 23.0 Å². The Labute approximate surface area is 133 Å². The molecule has 2 rings (SSSR count). The van der Waals surface area contributed by atoms with Crippen molar-refractivity contribution in [2.75, 3.05) is 6.54 Å². The van der Waals surface area contributed by atoms with E-state index in [1.165, 1.54) is 11.3 Å². The average Bonchev–Trinajstić information content (AvgIpc) is 2.84. The van der Waals surface area contributed by atoms with Crippen LogP contribution in [0, 0.1) is 0 Å². The van der Waals surface area contributed by atoms with Crippen LogP contribution >= 0.6 is 22.9 Å². The molecule has 0 spiro atoms. The summed E-state index contributed by atoms with van der Waals surface area (Å²) in [5, 5.41) is 6.17. The Morgan fingerprint density at radius 1 is 1.43 bits per heavy atom. The van der Waals surface area contributed by atoms with E-state index < -0.39 is 5.54 Å². The Kier molecular flexibility index (Phi) is 4.98. The van der Waals surface area contributed by atoms with Gasteiger partial charge in [0.25, 0.3) is 0 Å². The number of halogens is 1. The molecule has 1 aromatic heterocycles. The van der Waals surface area contributed by atoms with E-state index in [9.17, 15) is 4.79 Å². The quantitative estimate of drug-likeness (QED) is 0.889. The summed E-state index contributed by atoms with van der Waals surface area (Å²) in [5.41, 5.74) is 7.04. The highest BCUT2D eigenvalue weighted by Gasteiger charge is 2.14. The standard InChI is InChI=1S/C15H18ClN3OS/c1-15(2,17)9-18-13(20)7-10-8-21-14(19-10)11-5-3-4-6-12(11)16/h3-6,8H,7,9,17H2,1-2H3,(H,18,20). The smallest absolute Gasteiger partial charge is 0.226 e. The van der Waals surface area contributed by atoms with Crippen LogP contribution in [0.25, 0.3) is 10.6 Å².